The molecule has 1 aliphatic rings. The van der Waals surface area contributed by atoms with Gasteiger partial charge in [0.2, 0.25) is 0 Å². The van der Waals surface area contributed by atoms with Crippen molar-refractivity contribution in [2.24, 2.45) is 0 Å². The number of carbonyl (C=O) groups is 1. The molecule has 22 heavy (non-hydrogen) atoms. The number of nitrogens with zero attached hydrogens (tertiary/aromatic N) is 2. The van der Waals surface area contributed by atoms with E-state index in [4.69, 9.17) is 0 Å². The Morgan fingerprint density at radius 2 is 2.14 bits per heavy atom. The lowest BCUT2D eigenvalue weighted by atomic mass is 10.0. The third kappa shape index (κ3) is 3.26. The molecular formula is C16H19ClN4O. The summed E-state index contributed by atoms with van der Waals surface area (Å²) in [4.78, 5) is 20.1. The van der Waals surface area contributed by atoms with Gasteiger partial charge in [-0.25, -0.2) is 9.97 Å². The van der Waals surface area contributed by atoms with Crippen LogP contribution >= 0.6 is 12.4 Å². The second-order valence-corrected chi connectivity index (χ2v) is 5.30. The summed E-state index contributed by atoms with van der Waals surface area (Å²) < 4.78 is 0. The molecule has 2 N–H and O–H groups in total. The largest absolute Gasteiger partial charge is 0.363 e. The van der Waals surface area contributed by atoms with Crippen LogP contribution in [0, 0.1) is 0 Å². The molecule has 3 rings (SSSR count). The van der Waals surface area contributed by atoms with Gasteiger partial charge in [0.1, 0.15) is 12.1 Å². The summed E-state index contributed by atoms with van der Waals surface area (Å²) in [5.41, 5.74) is 3.99. The molecule has 1 atom stereocenters. The van der Waals surface area contributed by atoms with Gasteiger partial charge in [0.15, 0.2) is 5.78 Å². The van der Waals surface area contributed by atoms with Crippen molar-refractivity contribution in [3.8, 4) is 0 Å². The molecule has 0 radical (unpaired) electrons. The first-order valence-corrected chi connectivity index (χ1v) is 7.06. The number of ketones is 1. The van der Waals surface area contributed by atoms with Gasteiger partial charge in [-0.1, -0.05) is 18.2 Å². The van der Waals surface area contributed by atoms with Crippen LogP contribution < -0.4 is 10.6 Å². The first-order valence-electron chi connectivity index (χ1n) is 7.06. The molecule has 0 saturated heterocycles. The van der Waals surface area contributed by atoms with E-state index in [1.807, 2.05) is 24.3 Å². The lowest BCUT2D eigenvalue weighted by Gasteiger charge is -2.17. The minimum absolute atomic E-state index is 0. The van der Waals surface area contributed by atoms with E-state index in [1.165, 1.54) is 0 Å². The number of hydrogen-bond acceptors (Lipinski definition) is 5. The van der Waals surface area contributed by atoms with E-state index in [0.717, 1.165) is 41.3 Å². The maximum atomic E-state index is 11.5. The number of benzene rings is 1. The maximum absolute atomic E-state index is 11.5. The van der Waals surface area contributed by atoms with Crippen molar-refractivity contribution in [1.82, 2.24) is 15.3 Å². The van der Waals surface area contributed by atoms with Crippen molar-refractivity contribution in [3.63, 3.8) is 0 Å². The summed E-state index contributed by atoms with van der Waals surface area (Å²) in [7, 11) is 0. The Kier molecular flexibility index (Phi) is 5.11. The highest BCUT2D eigenvalue weighted by Gasteiger charge is 2.18. The highest BCUT2D eigenvalue weighted by molar-refractivity contribution is 5.94. The molecule has 5 nitrogen and oxygen atoms in total. The third-order valence-electron chi connectivity index (χ3n) is 3.78. The molecule has 0 bridgehead atoms. The Bertz CT molecular complexity index is 690. The quantitative estimate of drug-likeness (QED) is 0.849. The van der Waals surface area contributed by atoms with Crippen LogP contribution in [0.25, 0.3) is 0 Å². The molecule has 0 saturated carbocycles. The van der Waals surface area contributed by atoms with Gasteiger partial charge in [-0.3, -0.25) is 4.79 Å². The third-order valence-corrected chi connectivity index (χ3v) is 3.78. The summed E-state index contributed by atoms with van der Waals surface area (Å²) in [6.07, 6.45) is 1.59. The van der Waals surface area contributed by atoms with E-state index in [9.17, 15) is 4.79 Å². The normalized spacial score (nSPS) is 13.9. The number of rotatable bonds is 4. The molecule has 116 valence electrons. The van der Waals surface area contributed by atoms with E-state index in [2.05, 4.69) is 27.5 Å². The fraction of sp³-hybridized carbons (Fsp3) is 0.312. The van der Waals surface area contributed by atoms with E-state index in [-0.39, 0.29) is 24.2 Å². The number of Topliss-reactive ketones (excluding diaryl/α,β-unsaturated/α-hetero) is 1. The minimum atomic E-state index is 0. The molecule has 0 amide bonds. The van der Waals surface area contributed by atoms with Crippen LogP contribution in [0.1, 0.15) is 47.1 Å². The van der Waals surface area contributed by atoms with E-state index < -0.39 is 0 Å². The summed E-state index contributed by atoms with van der Waals surface area (Å²) in [6.45, 7) is 5.23. The molecule has 1 aromatic heterocycles. The Morgan fingerprint density at radius 1 is 1.32 bits per heavy atom. The molecular weight excluding hydrogens is 300 g/mol. The van der Waals surface area contributed by atoms with Gasteiger partial charge in [-0.05, 0) is 25.5 Å². The van der Waals surface area contributed by atoms with Crippen LogP contribution in [-0.4, -0.2) is 15.8 Å². The first-order chi connectivity index (χ1) is 10.1. The van der Waals surface area contributed by atoms with Gasteiger partial charge in [-0.2, -0.15) is 0 Å². The fourth-order valence-electron chi connectivity index (χ4n) is 2.53. The number of halogens is 1. The molecule has 1 unspecified atom stereocenters. The average molecular weight is 319 g/mol. The molecule has 1 aliphatic heterocycles. The molecule has 2 aromatic rings. The highest BCUT2D eigenvalue weighted by Crippen LogP contribution is 2.24. The second-order valence-electron chi connectivity index (χ2n) is 5.30. The summed E-state index contributed by atoms with van der Waals surface area (Å²) in [5, 5.41) is 6.70. The van der Waals surface area contributed by atoms with Crippen molar-refractivity contribution in [2.75, 3.05) is 5.32 Å². The zero-order chi connectivity index (χ0) is 14.8. The van der Waals surface area contributed by atoms with Crippen molar-refractivity contribution >= 4 is 24.0 Å². The maximum Gasteiger partial charge on any atom is 0.159 e. The summed E-state index contributed by atoms with van der Waals surface area (Å²) in [6, 6.07) is 7.77. The number of hydrogen-bond donors (Lipinski definition) is 2. The molecule has 2 heterocycles. The monoisotopic (exact) mass is 318 g/mol. The van der Waals surface area contributed by atoms with Gasteiger partial charge in [0, 0.05) is 30.3 Å². The van der Waals surface area contributed by atoms with Crippen LogP contribution in [0.15, 0.2) is 30.6 Å². The van der Waals surface area contributed by atoms with Crippen LogP contribution in [0.5, 0.6) is 0 Å². The Labute approximate surface area is 136 Å². The number of aromatic nitrogens is 2. The Hall–Kier alpha value is -1.98. The predicted octanol–water partition coefficient (Wildman–Crippen LogP) is 2.88. The van der Waals surface area contributed by atoms with Crippen LogP contribution in [0.3, 0.4) is 0 Å². The Morgan fingerprint density at radius 3 is 2.91 bits per heavy atom. The predicted molar refractivity (Wildman–Crippen MR) is 88.3 cm³/mol. The number of anilines is 1. The number of nitrogens with one attached hydrogen (secondary N) is 2. The Balaban J connectivity index is 0.00000176. The van der Waals surface area contributed by atoms with E-state index in [1.54, 1.807) is 13.3 Å². The molecule has 0 fully saturated rings. The van der Waals surface area contributed by atoms with Crippen molar-refractivity contribution in [1.29, 1.82) is 0 Å². The smallest absolute Gasteiger partial charge is 0.159 e. The minimum Gasteiger partial charge on any atom is -0.363 e. The van der Waals surface area contributed by atoms with E-state index in [0.29, 0.717) is 0 Å². The van der Waals surface area contributed by atoms with Crippen molar-refractivity contribution < 1.29 is 4.79 Å². The lowest BCUT2D eigenvalue weighted by molar-refractivity contribution is 0.101. The molecule has 0 aliphatic carbocycles. The van der Waals surface area contributed by atoms with Crippen LogP contribution in [0.4, 0.5) is 5.82 Å². The van der Waals surface area contributed by atoms with Crippen LogP contribution in [-0.2, 0) is 13.1 Å². The number of carbonyl (C=O) groups excluding carboxylic acids is 1. The highest BCUT2D eigenvalue weighted by atomic mass is 35.5. The molecule has 0 spiro atoms. The average Bonchev–Trinajstić information content (AvgIpc) is 2.97. The van der Waals surface area contributed by atoms with Crippen LogP contribution in [0.2, 0.25) is 0 Å². The zero-order valence-electron chi connectivity index (χ0n) is 12.6. The van der Waals surface area contributed by atoms with E-state index >= 15 is 0 Å². The second kappa shape index (κ2) is 6.85. The van der Waals surface area contributed by atoms with Gasteiger partial charge in [0.05, 0.1) is 5.69 Å². The zero-order valence-corrected chi connectivity index (χ0v) is 13.4. The standard InChI is InChI=1S/C16H18N4O.ClH/c1-10(12-4-3-5-13(6-12)11(2)21)20-16-14-7-17-8-15(14)18-9-19-16;/h3-6,9-10,17H,7-8H2,1-2H3,(H,18,19,20);1H. The van der Waals surface area contributed by atoms with Crippen molar-refractivity contribution in [3.05, 3.63) is 53.0 Å². The van der Waals surface area contributed by atoms with Gasteiger partial charge >= 0.3 is 0 Å². The first kappa shape index (κ1) is 16.4. The summed E-state index contributed by atoms with van der Waals surface area (Å²) >= 11 is 0. The lowest BCUT2D eigenvalue weighted by Crippen LogP contribution is -2.11. The summed E-state index contributed by atoms with van der Waals surface area (Å²) in [5.74, 6) is 0.946. The van der Waals surface area contributed by atoms with Gasteiger partial charge in [0.25, 0.3) is 0 Å². The molecule has 1 aromatic carbocycles. The fourth-order valence-corrected chi connectivity index (χ4v) is 2.53. The topological polar surface area (TPSA) is 66.9 Å². The van der Waals surface area contributed by atoms with Crippen molar-refractivity contribution in [2.45, 2.75) is 33.0 Å². The van der Waals surface area contributed by atoms with Gasteiger partial charge in [-0.15, -0.1) is 12.4 Å². The SMILES string of the molecule is CC(=O)c1cccc(C(C)Nc2ncnc3c2CNC3)c1.Cl. The van der Waals surface area contributed by atoms with Gasteiger partial charge < -0.3 is 10.6 Å². The number of fused-ring (bicyclic) bond motifs is 1. The molecule has 6 heteroatoms.